The second-order valence-corrected chi connectivity index (χ2v) is 4.35. The van der Waals surface area contributed by atoms with Gasteiger partial charge >= 0.3 is 6.09 Å². The Bertz CT molecular complexity index is 174. The molecule has 0 aliphatic heterocycles. The first-order valence-corrected chi connectivity index (χ1v) is 4.40. The maximum absolute atomic E-state index is 10.8. The van der Waals surface area contributed by atoms with Gasteiger partial charge in [0.2, 0.25) is 0 Å². The molecule has 0 aromatic rings. The van der Waals surface area contributed by atoms with Crippen LogP contribution in [0.1, 0.15) is 27.7 Å². The summed E-state index contributed by atoms with van der Waals surface area (Å²) >= 11 is 0. The van der Waals surface area contributed by atoms with Crippen LogP contribution in [0.5, 0.6) is 0 Å². The molecule has 0 aliphatic rings. The first-order chi connectivity index (χ1) is 5.79. The van der Waals surface area contributed by atoms with Crippen LogP contribution in [0.15, 0.2) is 0 Å². The van der Waals surface area contributed by atoms with Crippen LogP contribution in [0.3, 0.4) is 0 Å². The van der Waals surface area contributed by atoms with E-state index < -0.39 is 11.6 Å². The van der Waals surface area contributed by atoms with Gasteiger partial charge < -0.3 is 15.1 Å². The van der Waals surface area contributed by atoms with Crippen molar-refractivity contribution in [3.8, 4) is 0 Å². The van der Waals surface area contributed by atoms with Crippen LogP contribution in [-0.2, 0) is 0 Å². The lowest BCUT2D eigenvalue weighted by molar-refractivity contribution is 0.0810. The molecule has 2 N–H and O–H groups in total. The van der Waals surface area contributed by atoms with Gasteiger partial charge in [-0.1, -0.05) is 6.92 Å². The summed E-state index contributed by atoms with van der Waals surface area (Å²) in [6, 6.07) is 0. The van der Waals surface area contributed by atoms with Crippen molar-refractivity contribution < 1.29 is 15.0 Å². The molecule has 0 aromatic heterocycles. The minimum absolute atomic E-state index is 0.0138. The molecular formula is C9H19NO3. The second-order valence-electron chi connectivity index (χ2n) is 4.35. The molecule has 0 aromatic carbocycles. The summed E-state index contributed by atoms with van der Waals surface area (Å²) in [5.41, 5.74) is -0.407. The number of aliphatic hydroxyl groups excluding tert-OH is 1. The molecule has 0 heterocycles. The minimum Gasteiger partial charge on any atom is -0.465 e. The summed E-state index contributed by atoms with van der Waals surface area (Å²) in [6.45, 7) is 7.72. The third kappa shape index (κ3) is 4.12. The molecule has 4 nitrogen and oxygen atoms in total. The van der Waals surface area contributed by atoms with Gasteiger partial charge in [-0.25, -0.2) is 4.79 Å². The molecule has 0 saturated carbocycles. The van der Waals surface area contributed by atoms with Gasteiger partial charge in [0.05, 0.1) is 0 Å². The van der Waals surface area contributed by atoms with Gasteiger partial charge in [0.15, 0.2) is 0 Å². The topological polar surface area (TPSA) is 60.8 Å². The van der Waals surface area contributed by atoms with Crippen molar-refractivity contribution in [2.45, 2.75) is 33.2 Å². The average Bonchev–Trinajstić information content (AvgIpc) is 1.96. The lowest BCUT2D eigenvalue weighted by atomic mass is 10.0. The van der Waals surface area contributed by atoms with E-state index in [9.17, 15) is 4.79 Å². The van der Waals surface area contributed by atoms with Crippen molar-refractivity contribution in [3.63, 3.8) is 0 Å². The molecule has 78 valence electrons. The minimum atomic E-state index is -0.937. The van der Waals surface area contributed by atoms with Gasteiger partial charge in [-0.3, -0.25) is 0 Å². The highest BCUT2D eigenvalue weighted by atomic mass is 16.4. The fourth-order valence-electron chi connectivity index (χ4n) is 1.01. The molecule has 4 heteroatoms. The maximum atomic E-state index is 10.8. The Hall–Kier alpha value is -0.770. The first-order valence-electron chi connectivity index (χ1n) is 4.40. The second kappa shape index (κ2) is 4.46. The quantitative estimate of drug-likeness (QED) is 0.705. The smallest absolute Gasteiger partial charge is 0.407 e. The zero-order valence-electron chi connectivity index (χ0n) is 8.74. The highest BCUT2D eigenvalue weighted by Crippen LogP contribution is 2.15. The molecule has 0 fully saturated rings. The zero-order chi connectivity index (χ0) is 10.6. The lowest BCUT2D eigenvalue weighted by Crippen LogP contribution is -2.47. The van der Waals surface area contributed by atoms with Gasteiger partial charge in [-0.15, -0.1) is 0 Å². The Labute approximate surface area is 79.2 Å². The average molecular weight is 189 g/mol. The molecule has 0 rings (SSSR count). The zero-order valence-corrected chi connectivity index (χ0v) is 8.74. The number of hydrogen-bond acceptors (Lipinski definition) is 2. The third-order valence-corrected chi connectivity index (χ3v) is 1.85. The summed E-state index contributed by atoms with van der Waals surface area (Å²) in [4.78, 5) is 12.2. The Kier molecular flexibility index (Phi) is 4.20. The Morgan fingerprint density at radius 3 is 2.15 bits per heavy atom. The van der Waals surface area contributed by atoms with Gasteiger partial charge in [0, 0.05) is 18.7 Å². The van der Waals surface area contributed by atoms with Crippen LogP contribution in [-0.4, -0.2) is 39.9 Å². The van der Waals surface area contributed by atoms with Crippen molar-refractivity contribution >= 4 is 6.09 Å². The van der Waals surface area contributed by atoms with Crippen molar-refractivity contribution in [3.05, 3.63) is 0 Å². The number of carbonyl (C=O) groups is 1. The molecule has 0 radical (unpaired) electrons. The van der Waals surface area contributed by atoms with E-state index >= 15 is 0 Å². The van der Waals surface area contributed by atoms with Crippen LogP contribution < -0.4 is 0 Å². The van der Waals surface area contributed by atoms with E-state index in [1.165, 1.54) is 4.90 Å². The fourth-order valence-corrected chi connectivity index (χ4v) is 1.01. The summed E-state index contributed by atoms with van der Waals surface area (Å²) in [5.74, 6) is -0.0182. The van der Waals surface area contributed by atoms with E-state index in [-0.39, 0.29) is 12.5 Å². The van der Waals surface area contributed by atoms with Crippen LogP contribution in [0.4, 0.5) is 4.79 Å². The number of rotatable bonds is 3. The van der Waals surface area contributed by atoms with Crippen LogP contribution in [0, 0.1) is 5.92 Å². The standard InChI is InChI=1S/C9H19NO3/c1-7(6-11)5-10(8(12)13)9(2,3)4/h7,11H,5-6H2,1-4H3,(H,12,13). The Morgan fingerprint density at radius 1 is 1.46 bits per heavy atom. The van der Waals surface area contributed by atoms with Crippen LogP contribution >= 0.6 is 0 Å². The number of amides is 1. The number of aliphatic hydroxyl groups is 1. The molecule has 1 amide bonds. The Morgan fingerprint density at radius 2 is 1.92 bits per heavy atom. The molecule has 0 spiro atoms. The SMILES string of the molecule is CC(CO)CN(C(=O)O)C(C)(C)C. The van der Waals surface area contributed by atoms with E-state index in [1.807, 2.05) is 27.7 Å². The molecule has 1 atom stereocenters. The van der Waals surface area contributed by atoms with Gasteiger partial charge in [-0.2, -0.15) is 0 Å². The normalized spacial score (nSPS) is 13.9. The van der Waals surface area contributed by atoms with Crippen LogP contribution in [0.2, 0.25) is 0 Å². The third-order valence-electron chi connectivity index (χ3n) is 1.85. The summed E-state index contributed by atoms with van der Waals surface area (Å²) in [7, 11) is 0. The molecule has 1 unspecified atom stereocenters. The van der Waals surface area contributed by atoms with E-state index in [2.05, 4.69) is 0 Å². The first kappa shape index (κ1) is 12.2. The molecule has 13 heavy (non-hydrogen) atoms. The molecule has 0 bridgehead atoms. The van der Waals surface area contributed by atoms with Crippen molar-refractivity contribution in [2.75, 3.05) is 13.2 Å². The van der Waals surface area contributed by atoms with Gasteiger partial charge in [0.1, 0.15) is 0 Å². The highest BCUT2D eigenvalue weighted by molar-refractivity contribution is 5.65. The van der Waals surface area contributed by atoms with E-state index in [4.69, 9.17) is 10.2 Å². The fraction of sp³-hybridized carbons (Fsp3) is 0.889. The predicted octanol–water partition coefficient (Wildman–Crippen LogP) is 1.39. The van der Waals surface area contributed by atoms with Crippen LogP contribution in [0.25, 0.3) is 0 Å². The number of hydrogen-bond donors (Lipinski definition) is 2. The molecule has 0 saturated heterocycles. The summed E-state index contributed by atoms with van der Waals surface area (Å²) in [6.07, 6.45) is -0.937. The summed E-state index contributed by atoms with van der Waals surface area (Å²) < 4.78 is 0. The van der Waals surface area contributed by atoms with Crippen molar-refractivity contribution in [1.29, 1.82) is 0 Å². The van der Waals surface area contributed by atoms with E-state index in [0.29, 0.717) is 6.54 Å². The molecule has 0 aliphatic carbocycles. The van der Waals surface area contributed by atoms with Crippen molar-refractivity contribution in [2.24, 2.45) is 5.92 Å². The largest absolute Gasteiger partial charge is 0.465 e. The Balaban J connectivity index is 4.37. The highest BCUT2D eigenvalue weighted by Gasteiger charge is 2.26. The summed E-state index contributed by atoms with van der Waals surface area (Å²) in [5, 5.41) is 17.7. The lowest BCUT2D eigenvalue weighted by Gasteiger charge is -2.34. The number of nitrogens with zero attached hydrogens (tertiary/aromatic N) is 1. The van der Waals surface area contributed by atoms with Crippen molar-refractivity contribution in [1.82, 2.24) is 4.90 Å². The van der Waals surface area contributed by atoms with E-state index in [0.717, 1.165) is 0 Å². The maximum Gasteiger partial charge on any atom is 0.407 e. The van der Waals surface area contributed by atoms with Gasteiger partial charge in [-0.05, 0) is 26.7 Å². The monoisotopic (exact) mass is 189 g/mol. The van der Waals surface area contributed by atoms with E-state index in [1.54, 1.807) is 0 Å². The molecular weight excluding hydrogens is 170 g/mol. The van der Waals surface area contributed by atoms with Gasteiger partial charge in [0.25, 0.3) is 0 Å². The predicted molar refractivity (Wildman–Crippen MR) is 50.7 cm³/mol. The number of carboxylic acid groups (broad SMARTS) is 1.